The van der Waals surface area contributed by atoms with Gasteiger partial charge in [0.2, 0.25) is 5.91 Å². The van der Waals surface area contributed by atoms with Crippen LogP contribution in [0.3, 0.4) is 0 Å². The SMILES string of the molecule is COc1cc(C)ccc1OCC(=O)Nc1cccc(NC(C)=O)c1C. The molecule has 2 aromatic rings. The van der Waals surface area contributed by atoms with Crippen LogP contribution in [0.25, 0.3) is 0 Å². The van der Waals surface area contributed by atoms with Crippen molar-refractivity contribution in [3.8, 4) is 11.5 Å². The highest BCUT2D eigenvalue weighted by molar-refractivity contribution is 5.95. The molecule has 0 fully saturated rings. The maximum absolute atomic E-state index is 12.2. The van der Waals surface area contributed by atoms with Crippen LogP contribution in [-0.4, -0.2) is 25.5 Å². The van der Waals surface area contributed by atoms with Gasteiger partial charge in [0.25, 0.3) is 5.91 Å². The van der Waals surface area contributed by atoms with Crippen molar-refractivity contribution in [2.45, 2.75) is 20.8 Å². The van der Waals surface area contributed by atoms with Gasteiger partial charge in [0.1, 0.15) is 0 Å². The maximum Gasteiger partial charge on any atom is 0.262 e. The third-order valence-electron chi connectivity index (χ3n) is 3.60. The minimum absolute atomic E-state index is 0.150. The van der Waals surface area contributed by atoms with Crippen LogP contribution in [0.4, 0.5) is 11.4 Å². The summed E-state index contributed by atoms with van der Waals surface area (Å²) < 4.78 is 10.8. The highest BCUT2D eigenvalue weighted by Crippen LogP contribution is 2.28. The van der Waals surface area contributed by atoms with Crippen LogP contribution in [-0.2, 0) is 9.59 Å². The average molecular weight is 342 g/mol. The topological polar surface area (TPSA) is 76.7 Å². The number of aryl methyl sites for hydroxylation is 1. The fraction of sp³-hybridized carbons (Fsp3) is 0.263. The number of rotatable bonds is 6. The molecule has 0 aliphatic rings. The van der Waals surface area contributed by atoms with Crippen LogP contribution in [0.5, 0.6) is 11.5 Å². The third-order valence-corrected chi connectivity index (χ3v) is 3.60. The molecular weight excluding hydrogens is 320 g/mol. The highest BCUT2D eigenvalue weighted by atomic mass is 16.5. The number of carbonyl (C=O) groups excluding carboxylic acids is 2. The number of anilines is 2. The van der Waals surface area contributed by atoms with Gasteiger partial charge < -0.3 is 20.1 Å². The summed E-state index contributed by atoms with van der Waals surface area (Å²) in [7, 11) is 1.55. The van der Waals surface area contributed by atoms with Gasteiger partial charge in [-0.15, -0.1) is 0 Å². The molecule has 0 unspecified atom stereocenters. The lowest BCUT2D eigenvalue weighted by atomic mass is 10.1. The van der Waals surface area contributed by atoms with Crippen LogP contribution in [0, 0.1) is 13.8 Å². The molecule has 0 bridgehead atoms. The number of amides is 2. The standard InChI is InChI=1S/C19H22N2O4/c1-12-8-9-17(18(10-12)24-4)25-11-19(23)21-16-7-5-6-15(13(16)2)20-14(3)22/h5-10H,11H2,1-4H3,(H,20,22)(H,21,23). The van der Waals surface area contributed by atoms with Gasteiger partial charge >= 0.3 is 0 Å². The molecule has 0 saturated carbocycles. The maximum atomic E-state index is 12.2. The van der Waals surface area contributed by atoms with Crippen LogP contribution in [0.1, 0.15) is 18.1 Å². The number of hydrogen-bond donors (Lipinski definition) is 2. The van der Waals surface area contributed by atoms with Crippen LogP contribution in [0.2, 0.25) is 0 Å². The van der Waals surface area contributed by atoms with Crippen molar-refractivity contribution in [2.24, 2.45) is 0 Å². The van der Waals surface area contributed by atoms with Gasteiger partial charge in [-0.3, -0.25) is 9.59 Å². The van der Waals surface area contributed by atoms with Gasteiger partial charge in [-0.05, 0) is 49.2 Å². The average Bonchev–Trinajstić information content (AvgIpc) is 2.56. The first kappa shape index (κ1) is 18.3. The summed E-state index contributed by atoms with van der Waals surface area (Å²) in [6, 6.07) is 10.8. The number of carbonyl (C=O) groups is 2. The lowest BCUT2D eigenvalue weighted by molar-refractivity contribution is -0.118. The number of nitrogens with one attached hydrogen (secondary N) is 2. The zero-order valence-corrected chi connectivity index (χ0v) is 14.8. The second kappa shape index (κ2) is 8.19. The Bertz CT molecular complexity index is 787. The Labute approximate surface area is 147 Å². The third kappa shape index (κ3) is 4.97. The fourth-order valence-corrected chi connectivity index (χ4v) is 2.32. The summed E-state index contributed by atoms with van der Waals surface area (Å²) in [6.07, 6.45) is 0. The molecule has 0 heterocycles. The Morgan fingerprint density at radius 2 is 1.68 bits per heavy atom. The summed E-state index contributed by atoms with van der Waals surface area (Å²) in [4.78, 5) is 23.4. The predicted octanol–water partition coefficient (Wildman–Crippen LogP) is 3.29. The van der Waals surface area contributed by atoms with E-state index in [2.05, 4.69) is 10.6 Å². The number of benzene rings is 2. The first-order chi connectivity index (χ1) is 11.9. The molecule has 0 atom stereocenters. The molecule has 2 rings (SSSR count). The molecule has 2 N–H and O–H groups in total. The van der Waals surface area contributed by atoms with E-state index in [1.807, 2.05) is 26.0 Å². The number of methoxy groups -OCH3 is 1. The van der Waals surface area contributed by atoms with Crippen molar-refractivity contribution in [1.29, 1.82) is 0 Å². The van der Waals surface area contributed by atoms with Crippen LogP contribution < -0.4 is 20.1 Å². The van der Waals surface area contributed by atoms with E-state index in [4.69, 9.17) is 9.47 Å². The van der Waals surface area contributed by atoms with E-state index >= 15 is 0 Å². The van der Waals surface area contributed by atoms with Crippen LogP contribution in [0.15, 0.2) is 36.4 Å². The molecule has 0 saturated heterocycles. The van der Waals surface area contributed by atoms with E-state index in [-0.39, 0.29) is 18.4 Å². The Kier molecular flexibility index (Phi) is 6.00. The number of ether oxygens (including phenoxy) is 2. The lowest BCUT2D eigenvalue weighted by Crippen LogP contribution is -2.21. The number of hydrogen-bond acceptors (Lipinski definition) is 4. The van der Waals surface area contributed by atoms with Crippen molar-refractivity contribution in [2.75, 3.05) is 24.4 Å². The van der Waals surface area contributed by atoms with E-state index in [1.54, 1.807) is 31.4 Å². The quantitative estimate of drug-likeness (QED) is 0.844. The molecule has 0 aromatic heterocycles. The zero-order chi connectivity index (χ0) is 18.4. The Morgan fingerprint density at radius 1 is 1.00 bits per heavy atom. The summed E-state index contributed by atoms with van der Waals surface area (Å²) in [5.41, 5.74) is 3.10. The molecule has 0 aliphatic carbocycles. The Hall–Kier alpha value is -3.02. The molecule has 0 spiro atoms. The van der Waals surface area contributed by atoms with Gasteiger partial charge in [0.15, 0.2) is 18.1 Å². The van der Waals surface area contributed by atoms with E-state index in [0.29, 0.717) is 22.9 Å². The Morgan fingerprint density at radius 3 is 2.32 bits per heavy atom. The normalized spacial score (nSPS) is 10.1. The molecule has 6 nitrogen and oxygen atoms in total. The first-order valence-corrected chi connectivity index (χ1v) is 7.85. The van der Waals surface area contributed by atoms with Crippen LogP contribution >= 0.6 is 0 Å². The lowest BCUT2D eigenvalue weighted by Gasteiger charge is -2.14. The van der Waals surface area contributed by atoms with Crippen molar-refractivity contribution >= 4 is 23.2 Å². The molecule has 132 valence electrons. The first-order valence-electron chi connectivity index (χ1n) is 7.85. The molecule has 0 radical (unpaired) electrons. The Balaban J connectivity index is 2.02. The second-order valence-electron chi connectivity index (χ2n) is 5.65. The minimum atomic E-state index is -0.300. The van der Waals surface area contributed by atoms with Gasteiger partial charge in [-0.2, -0.15) is 0 Å². The second-order valence-corrected chi connectivity index (χ2v) is 5.65. The molecule has 25 heavy (non-hydrogen) atoms. The monoisotopic (exact) mass is 342 g/mol. The molecule has 6 heteroatoms. The van der Waals surface area contributed by atoms with E-state index in [1.165, 1.54) is 6.92 Å². The summed E-state index contributed by atoms with van der Waals surface area (Å²) in [5, 5.41) is 5.51. The van der Waals surface area contributed by atoms with E-state index in [0.717, 1.165) is 11.1 Å². The van der Waals surface area contributed by atoms with Gasteiger partial charge in [0, 0.05) is 18.3 Å². The van der Waals surface area contributed by atoms with Crippen molar-refractivity contribution in [3.63, 3.8) is 0 Å². The summed E-state index contributed by atoms with van der Waals surface area (Å²) >= 11 is 0. The van der Waals surface area contributed by atoms with E-state index < -0.39 is 0 Å². The summed E-state index contributed by atoms with van der Waals surface area (Å²) in [6.45, 7) is 5.06. The predicted molar refractivity (Wildman–Crippen MR) is 97.3 cm³/mol. The molecular formula is C19H22N2O4. The smallest absolute Gasteiger partial charge is 0.262 e. The highest BCUT2D eigenvalue weighted by Gasteiger charge is 2.11. The largest absolute Gasteiger partial charge is 0.493 e. The summed E-state index contributed by atoms with van der Waals surface area (Å²) in [5.74, 6) is 0.621. The van der Waals surface area contributed by atoms with Crippen molar-refractivity contribution < 1.29 is 19.1 Å². The molecule has 2 amide bonds. The fourth-order valence-electron chi connectivity index (χ4n) is 2.32. The van der Waals surface area contributed by atoms with Gasteiger partial charge in [0.05, 0.1) is 7.11 Å². The van der Waals surface area contributed by atoms with Crippen molar-refractivity contribution in [3.05, 3.63) is 47.5 Å². The zero-order valence-electron chi connectivity index (χ0n) is 14.8. The van der Waals surface area contributed by atoms with Crippen molar-refractivity contribution in [1.82, 2.24) is 0 Å². The minimum Gasteiger partial charge on any atom is -0.493 e. The molecule has 2 aromatic carbocycles. The van der Waals surface area contributed by atoms with E-state index in [9.17, 15) is 9.59 Å². The van der Waals surface area contributed by atoms with Gasteiger partial charge in [-0.1, -0.05) is 12.1 Å². The molecule has 0 aliphatic heterocycles. The van der Waals surface area contributed by atoms with Gasteiger partial charge in [-0.25, -0.2) is 0 Å².